The third-order valence-corrected chi connectivity index (χ3v) is 5.31. The highest BCUT2D eigenvalue weighted by molar-refractivity contribution is 7.88. The highest BCUT2D eigenvalue weighted by Crippen LogP contribution is 2.32. The molecule has 1 aliphatic rings. The van der Waals surface area contributed by atoms with Crippen LogP contribution in [0.2, 0.25) is 0 Å². The molecule has 23 heavy (non-hydrogen) atoms. The number of piperidine rings is 1. The predicted octanol–water partition coefficient (Wildman–Crippen LogP) is 1.97. The third kappa shape index (κ3) is 3.42. The first kappa shape index (κ1) is 16.1. The molecule has 1 N–H and O–H groups in total. The molecule has 3 heterocycles. The minimum absolute atomic E-state index is 0.294. The molecule has 7 nitrogen and oxygen atoms in total. The summed E-state index contributed by atoms with van der Waals surface area (Å²) >= 11 is 0. The lowest BCUT2D eigenvalue weighted by molar-refractivity contribution is 0.248. The van der Waals surface area contributed by atoms with E-state index >= 15 is 0 Å². The second-order valence-electron chi connectivity index (χ2n) is 6.07. The molecule has 1 atom stereocenters. The SMILES string of the molecule is Cc1cc(-c2cc(C)[nH]n2)nc([C@H]2CCCCN2S(C)(=O)=O)n1. The van der Waals surface area contributed by atoms with E-state index in [4.69, 9.17) is 0 Å². The summed E-state index contributed by atoms with van der Waals surface area (Å²) in [5.74, 6) is 0.561. The van der Waals surface area contributed by atoms with Crippen LogP contribution in [0.5, 0.6) is 0 Å². The van der Waals surface area contributed by atoms with Crippen LogP contribution in [0.4, 0.5) is 0 Å². The molecular formula is C15H21N5O2S. The first-order chi connectivity index (χ1) is 10.8. The van der Waals surface area contributed by atoms with Crippen molar-refractivity contribution in [2.45, 2.75) is 39.2 Å². The molecule has 8 heteroatoms. The maximum atomic E-state index is 12.1. The third-order valence-electron chi connectivity index (χ3n) is 4.02. The van der Waals surface area contributed by atoms with E-state index in [0.717, 1.165) is 42.0 Å². The normalized spacial score (nSPS) is 19.9. The van der Waals surface area contributed by atoms with Crippen molar-refractivity contribution in [3.05, 3.63) is 29.3 Å². The fraction of sp³-hybridized carbons (Fsp3) is 0.533. The molecule has 2 aromatic rings. The number of nitrogens with zero attached hydrogens (tertiary/aromatic N) is 4. The molecule has 0 saturated carbocycles. The highest BCUT2D eigenvalue weighted by Gasteiger charge is 2.32. The van der Waals surface area contributed by atoms with Gasteiger partial charge in [-0.2, -0.15) is 9.40 Å². The molecular weight excluding hydrogens is 314 g/mol. The number of rotatable bonds is 3. The van der Waals surface area contributed by atoms with Gasteiger partial charge in [0.15, 0.2) is 0 Å². The summed E-state index contributed by atoms with van der Waals surface area (Å²) in [4.78, 5) is 9.10. The molecule has 1 aliphatic heterocycles. The number of hydrogen-bond donors (Lipinski definition) is 1. The number of H-pyrrole nitrogens is 1. The molecule has 0 aliphatic carbocycles. The molecule has 0 unspecified atom stereocenters. The molecule has 1 saturated heterocycles. The molecule has 3 rings (SSSR count). The van der Waals surface area contributed by atoms with Gasteiger partial charge in [0.1, 0.15) is 11.5 Å². The lowest BCUT2D eigenvalue weighted by Crippen LogP contribution is -2.38. The minimum atomic E-state index is -3.28. The lowest BCUT2D eigenvalue weighted by Gasteiger charge is -2.32. The zero-order valence-corrected chi connectivity index (χ0v) is 14.4. The van der Waals surface area contributed by atoms with Gasteiger partial charge in [0.05, 0.1) is 18.0 Å². The fourth-order valence-corrected chi connectivity index (χ4v) is 4.10. The van der Waals surface area contributed by atoms with E-state index in [1.54, 1.807) is 0 Å². The monoisotopic (exact) mass is 335 g/mol. The van der Waals surface area contributed by atoms with Crippen LogP contribution in [-0.4, -0.2) is 45.7 Å². The van der Waals surface area contributed by atoms with Crippen LogP contribution in [0.1, 0.15) is 42.5 Å². The molecule has 0 amide bonds. The van der Waals surface area contributed by atoms with Gasteiger partial charge in [0, 0.05) is 17.9 Å². The van der Waals surface area contributed by atoms with Gasteiger partial charge >= 0.3 is 0 Å². The Kier molecular flexibility index (Phi) is 4.20. The van der Waals surface area contributed by atoms with Crippen LogP contribution in [-0.2, 0) is 10.0 Å². The van der Waals surface area contributed by atoms with Gasteiger partial charge < -0.3 is 0 Å². The number of nitrogens with one attached hydrogen (secondary N) is 1. The van der Waals surface area contributed by atoms with Crippen LogP contribution < -0.4 is 0 Å². The summed E-state index contributed by atoms with van der Waals surface area (Å²) in [6.07, 6.45) is 3.85. The minimum Gasteiger partial charge on any atom is -0.282 e. The maximum Gasteiger partial charge on any atom is 0.211 e. The van der Waals surface area contributed by atoms with E-state index in [1.165, 1.54) is 10.6 Å². The van der Waals surface area contributed by atoms with Gasteiger partial charge in [-0.1, -0.05) is 6.42 Å². The molecule has 0 radical (unpaired) electrons. The second-order valence-corrected chi connectivity index (χ2v) is 8.01. The van der Waals surface area contributed by atoms with Crippen molar-refractivity contribution in [3.8, 4) is 11.4 Å². The summed E-state index contributed by atoms with van der Waals surface area (Å²) in [6, 6.07) is 3.49. The van der Waals surface area contributed by atoms with Gasteiger partial charge in [-0.05, 0) is 38.8 Å². The number of aryl methyl sites for hydroxylation is 2. The Morgan fingerprint density at radius 3 is 2.61 bits per heavy atom. The Hall–Kier alpha value is -1.80. The number of aromatic nitrogens is 4. The number of hydrogen-bond acceptors (Lipinski definition) is 5. The van der Waals surface area contributed by atoms with Gasteiger partial charge in [0.2, 0.25) is 10.0 Å². The summed E-state index contributed by atoms with van der Waals surface area (Å²) in [6.45, 7) is 4.34. The van der Waals surface area contributed by atoms with E-state index < -0.39 is 10.0 Å². The van der Waals surface area contributed by atoms with Gasteiger partial charge in [-0.3, -0.25) is 5.10 Å². The van der Waals surface area contributed by atoms with Crippen molar-refractivity contribution in [2.75, 3.05) is 12.8 Å². The number of sulfonamides is 1. The van der Waals surface area contributed by atoms with E-state index in [1.807, 2.05) is 26.0 Å². The maximum absolute atomic E-state index is 12.1. The van der Waals surface area contributed by atoms with Gasteiger partial charge in [0.25, 0.3) is 0 Å². The zero-order valence-electron chi connectivity index (χ0n) is 13.6. The molecule has 0 aromatic carbocycles. The van der Waals surface area contributed by atoms with Crippen molar-refractivity contribution >= 4 is 10.0 Å². The Labute approximate surface area is 136 Å². The van der Waals surface area contributed by atoms with E-state index in [0.29, 0.717) is 12.4 Å². The predicted molar refractivity (Wildman–Crippen MR) is 87.2 cm³/mol. The average Bonchev–Trinajstić information content (AvgIpc) is 2.92. The van der Waals surface area contributed by atoms with Crippen LogP contribution in [0.25, 0.3) is 11.4 Å². The largest absolute Gasteiger partial charge is 0.282 e. The molecule has 0 bridgehead atoms. The Balaban J connectivity index is 2.03. The standard InChI is InChI=1S/C15H21N5O2S/c1-10-8-12(13-9-11(2)18-19-13)17-15(16-10)14-6-4-5-7-20(14)23(3,21)22/h8-9,14H,4-7H2,1-3H3,(H,18,19)/t14-/m1/s1. The molecule has 2 aromatic heterocycles. The summed E-state index contributed by atoms with van der Waals surface area (Å²) in [5, 5.41) is 7.14. The van der Waals surface area contributed by atoms with E-state index in [-0.39, 0.29) is 6.04 Å². The van der Waals surface area contributed by atoms with Crippen LogP contribution in [0.15, 0.2) is 12.1 Å². The van der Waals surface area contributed by atoms with Crippen molar-refractivity contribution < 1.29 is 8.42 Å². The van der Waals surface area contributed by atoms with Crippen molar-refractivity contribution in [2.24, 2.45) is 0 Å². The smallest absolute Gasteiger partial charge is 0.211 e. The van der Waals surface area contributed by atoms with Crippen molar-refractivity contribution in [3.63, 3.8) is 0 Å². The van der Waals surface area contributed by atoms with Gasteiger partial charge in [-0.15, -0.1) is 0 Å². The van der Waals surface area contributed by atoms with Crippen LogP contribution in [0.3, 0.4) is 0 Å². The van der Waals surface area contributed by atoms with Gasteiger partial charge in [-0.25, -0.2) is 18.4 Å². The van der Waals surface area contributed by atoms with E-state index in [9.17, 15) is 8.42 Å². The first-order valence-corrected chi connectivity index (χ1v) is 9.54. The average molecular weight is 335 g/mol. The second kappa shape index (κ2) is 6.01. The van der Waals surface area contributed by atoms with Crippen molar-refractivity contribution in [1.82, 2.24) is 24.5 Å². The van der Waals surface area contributed by atoms with Crippen LogP contribution in [0, 0.1) is 13.8 Å². The quantitative estimate of drug-likeness (QED) is 0.926. The van der Waals surface area contributed by atoms with Crippen molar-refractivity contribution in [1.29, 1.82) is 0 Å². The number of aromatic amines is 1. The highest BCUT2D eigenvalue weighted by atomic mass is 32.2. The Morgan fingerprint density at radius 1 is 1.17 bits per heavy atom. The Morgan fingerprint density at radius 2 is 1.96 bits per heavy atom. The fourth-order valence-electron chi connectivity index (χ4n) is 2.98. The summed E-state index contributed by atoms with van der Waals surface area (Å²) < 4.78 is 25.7. The molecule has 124 valence electrons. The van der Waals surface area contributed by atoms with E-state index in [2.05, 4.69) is 20.2 Å². The molecule has 1 fully saturated rings. The molecule has 0 spiro atoms. The summed E-state index contributed by atoms with van der Waals surface area (Å²) in [7, 11) is -3.28. The topological polar surface area (TPSA) is 91.8 Å². The van der Waals surface area contributed by atoms with Crippen LogP contribution >= 0.6 is 0 Å². The Bertz CT molecular complexity index is 815. The first-order valence-electron chi connectivity index (χ1n) is 7.69. The summed E-state index contributed by atoms with van der Waals surface area (Å²) in [5.41, 5.74) is 3.23. The lowest BCUT2D eigenvalue weighted by atomic mass is 10.0. The zero-order chi connectivity index (χ0) is 16.6.